The van der Waals surface area contributed by atoms with E-state index in [0.717, 1.165) is 14.9 Å². The number of carbonyl (C=O) groups excluding carboxylic acids is 1. The first-order valence-electron chi connectivity index (χ1n) is 8.64. The van der Waals surface area contributed by atoms with Crippen molar-refractivity contribution in [2.75, 3.05) is 18.2 Å². The van der Waals surface area contributed by atoms with Crippen molar-refractivity contribution in [2.45, 2.75) is 19.8 Å². The van der Waals surface area contributed by atoms with Crippen LogP contribution in [-0.4, -0.2) is 33.0 Å². The maximum atomic E-state index is 12.5. The third-order valence-corrected chi connectivity index (χ3v) is 4.77. The van der Waals surface area contributed by atoms with E-state index in [2.05, 4.69) is 47.8 Å². The van der Waals surface area contributed by atoms with Crippen molar-refractivity contribution in [1.82, 2.24) is 19.9 Å². The number of anilines is 2. The van der Waals surface area contributed by atoms with Crippen LogP contribution in [0.4, 0.5) is 11.8 Å². The summed E-state index contributed by atoms with van der Waals surface area (Å²) < 4.78 is 12.4. The Morgan fingerprint density at radius 1 is 1.14 bits per heavy atom. The van der Waals surface area contributed by atoms with Gasteiger partial charge in [-0.15, -0.1) is 0 Å². The molecule has 0 saturated heterocycles. The quantitative estimate of drug-likeness (QED) is 0.486. The van der Waals surface area contributed by atoms with Gasteiger partial charge in [0, 0.05) is 18.0 Å². The number of rotatable bonds is 6. The van der Waals surface area contributed by atoms with Crippen LogP contribution >= 0.6 is 22.6 Å². The molecule has 3 rings (SSSR count). The first-order chi connectivity index (χ1) is 13.9. The molecule has 0 saturated carbocycles. The third-order valence-electron chi connectivity index (χ3n) is 3.93. The van der Waals surface area contributed by atoms with Crippen LogP contribution in [0.25, 0.3) is 0 Å². The molecule has 2 heterocycles. The van der Waals surface area contributed by atoms with E-state index in [9.17, 15) is 4.79 Å². The number of nitrogens with one attached hydrogen (secondary N) is 1. The molecule has 29 heavy (non-hydrogen) atoms. The van der Waals surface area contributed by atoms with Crippen LogP contribution in [0.2, 0.25) is 0 Å². The summed E-state index contributed by atoms with van der Waals surface area (Å²) in [6.07, 6.45) is 5.67. The molecule has 3 N–H and O–H groups in total. The average molecular weight is 506 g/mol. The smallest absolute Gasteiger partial charge is 0.277 e. The van der Waals surface area contributed by atoms with Crippen molar-refractivity contribution in [3.8, 4) is 17.2 Å². The first kappa shape index (κ1) is 20.7. The molecule has 0 aliphatic rings. The highest BCUT2D eigenvalue weighted by Gasteiger charge is 2.18. The zero-order chi connectivity index (χ0) is 21.0. The number of hydrogen-bond donors (Lipinski definition) is 2. The predicted octanol–water partition coefficient (Wildman–Crippen LogP) is 3.63. The van der Waals surface area contributed by atoms with Gasteiger partial charge in [-0.1, -0.05) is 13.8 Å². The maximum absolute atomic E-state index is 12.5. The molecule has 1 amide bonds. The number of nitrogen functional groups attached to an aromatic ring is 1. The molecule has 0 radical (unpaired) electrons. The van der Waals surface area contributed by atoms with Gasteiger partial charge in [-0.2, -0.15) is 4.98 Å². The van der Waals surface area contributed by atoms with Crippen molar-refractivity contribution in [2.24, 2.45) is 0 Å². The Labute approximate surface area is 181 Å². The van der Waals surface area contributed by atoms with Gasteiger partial charge in [0.1, 0.15) is 17.2 Å². The van der Waals surface area contributed by atoms with Crippen molar-refractivity contribution in [1.29, 1.82) is 0 Å². The summed E-state index contributed by atoms with van der Waals surface area (Å²) in [6, 6.07) is 3.79. The maximum Gasteiger partial charge on any atom is 0.277 e. The number of ether oxygens (including phenoxy) is 2. The number of amides is 1. The number of methoxy groups -OCH3 is 1. The van der Waals surface area contributed by atoms with Gasteiger partial charge in [0.15, 0.2) is 11.6 Å². The van der Waals surface area contributed by atoms with Gasteiger partial charge >= 0.3 is 0 Å². The van der Waals surface area contributed by atoms with E-state index >= 15 is 0 Å². The molecule has 0 bridgehead atoms. The van der Waals surface area contributed by atoms with E-state index in [0.29, 0.717) is 5.75 Å². The van der Waals surface area contributed by atoms with Crippen LogP contribution in [0.3, 0.4) is 0 Å². The molecule has 0 spiro atoms. The van der Waals surface area contributed by atoms with Gasteiger partial charge in [-0.3, -0.25) is 9.78 Å². The molecular weight excluding hydrogens is 487 g/mol. The Hall–Kier alpha value is -3.02. The molecule has 0 atom stereocenters. The fraction of sp³-hybridized carbons (Fsp3) is 0.211. The Kier molecular flexibility index (Phi) is 6.42. The summed E-state index contributed by atoms with van der Waals surface area (Å²) in [5, 5.41) is 2.65. The number of aromatic nitrogens is 4. The lowest BCUT2D eigenvalue weighted by atomic mass is 10.0. The van der Waals surface area contributed by atoms with Crippen molar-refractivity contribution >= 4 is 40.3 Å². The van der Waals surface area contributed by atoms with E-state index in [1.165, 1.54) is 24.8 Å². The zero-order valence-corrected chi connectivity index (χ0v) is 18.2. The summed E-state index contributed by atoms with van der Waals surface area (Å²) in [7, 11) is 1.62. The zero-order valence-electron chi connectivity index (χ0n) is 16.0. The Morgan fingerprint density at radius 2 is 1.93 bits per heavy atom. The minimum absolute atomic E-state index is 0.000176. The van der Waals surface area contributed by atoms with Gasteiger partial charge in [0.25, 0.3) is 5.91 Å². The van der Waals surface area contributed by atoms with Gasteiger partial charge in [-0.25, -0.2) is 9.97 Å². The minimum atomic E-state index is -0.491. The van der Waals surface area contributed by atoms with Gasteiger partial charge in [0.2, 0.25) is 5.95 Å². The largest absolute Gasteiger partial charge is 0.496 e. The molecule has 0 fully saturated rings. The summed E-state index contributed by atoms with van der Waals surface area (Å²) in [6.45, 7) is 4.09. The number of halogens is 1. The van der Waals surface area contributed by atoms with Crippen LogP contribution in [0.15, 0.2) is 36.9 Å². The van der Waals surface area contributed by atoms with Crippen LogP contribution in [0.1, 0.15) is 35.8 Å². The number of carbonyl (C=O) groups is 1. The molecular formula is C19H19IN6O3. The SMILES string of the molecule is COc1cc(C(C)C)c(Oc2cnc(N)nc2NC(=O)c2cnccn2)cc1I. The fourth-order valence-electron chi connectivity index (χ4n) is 2.50. The van der Waals surface area contributed by atoms with Crippen LogP contribution in [0, 0.1) is 3.57 Å². The van der Waals surface area contributed by atoms with E-state index in [1.54, 1.807) is 7.11 Å². The van der Waals surface area contributed by atoms with Crippen molar-refractivity contribution < 1.29 is 14.3 Å². The van der Waals surface area contributed by atoms with Crippen LogP contribution in [-0.2, 0) is 0 Å². The lowest BCUT2D eigenvalue weighted by molar-refractivity contribution is 0.102. The monoisotopic (exact) mass is 506 g/mol. The van der Waals surface area contributed by atoms with Gasteiger partial charge < -0.3 is 20.5 Å². The summed E-state index contributed by atoms with van der Waals surface area (Å²) >= 11 is 2.17. The second-order valence-electron chi connectivity index (χ2n) is 6.27. The predicted molar refractivity (Wildman–Crippen MR) is 116 cm³/mol. The molecule has 3 aromatic rings. The summed E-state index contributed by atoms with van der Waals surface area (Å²) in [5.74, 6) is 1.42. The first-order valence-corrected chi connectivity index (χ1v) is 9.72. The number of benzene rings is 1. The molecule has 0 aliphatic heterocycles. The van der Waals surface area contributed by atoms with E-state index in [1.807, 2.05) is 26.0 Å². The van der Waals surface area contributed by atoms with Gasteiger partial charge in [0.05, 0.1) is 23.1 Å². The molecule has 2 aromatic heterocycles. The van der Waals surface area contributed by atoms with Gasteiger partial charge in [-0.05, 0) is 40.6 Å². The Morgan fingerprint density at radius 3 is 2.59 bits per heavy atom. The Bertz CT molecular complexity index is 1030. The third kappa shape index (κ3) is 4.88. The lowest BCUT2D eigenvalue weighted by Gasteiger charge is -2.17. The summed E-state index contributed by atoms with van der Waals surface area (Å²) in [4.78, 5) is 28.4. The van der Waals surface area contributed by atoms with E-state index in [-0.39, 0.29) is 29.1 Å². The standard InChI is InChI=1S/C19H19IN6O3/c1-10(2)11-6-15(28-3)12(20)7-14(11)29-16-9-24-19(21)26-17(16)25-18(27)13-8-22-4-5-23-13/h4-10H,1-3H3,(H3,21,24,25,26,27). The highest BCUT2D eigenvalue weighted by atomic mass is 127. The fourth-order valence-corrected chi connectivity index (χ4v) is 3.16. The molecule has 0 aliphatic carbocycles. The Balaban J connectivity index is 1.96. The van der Waals surface area contributed by atoms with Crippen LogP contribution in [0.5, 0.6) is 17.2 Å². The molecule has 1 aromatic carbocycles. The van der Waals surface area contributed by atoms with Crippen LogP contribution < -0.4 is 20.5 Å². The molecule has 0 unspecified atom stereocenters. The topological polar surface area (TPSA) is 125 Å². The number of hydrogen-bond acceptors (Lipinski definition) is 8. The average Bonchev–Trinajstić information content (AvgIpc) is 2.70. The van der Waals surface area contributed by atoms with Crippen molar-refractivity contribution in [3.63, 3.8) is 0 Å². The molecule has 9 nitrogen and oxygen atoms in total. The number of nitrogens with zero attached hydrogens (tertiary/aromatic N) is 4. The lowest BCUT2D eigenvalue weighted by Crippen LogP contribution is -2.16. The second-order valence-corrected chi connectivity index (χ2v) is 7.43. The molecule has 150 valence electrons. The van der Waals surface area contributed by atoms with Crippen molar-refractivity contribution in [3.05, 3.63) is 51.7 Å². The second kappa shape index (κ2) is 8.99. The van der Waals surface area contributed by atoms with E-state index < -0.39 is 5.91 Å². The summed E-state index contributed by atoms with van der Waals surface area (Å²) in [5.41, 5.74) is 6.77. The molecule has 10 heteroatoms. The minimum Gasteiger partial charge on any atom is -0.496 e. The highest BCUT2D eigenvalue weighted by Crippen LogP contribution is 2.38. The normalized spacial score (nSPS) is 10.7. The number of nitrogens with two attached hydrogens (primary N) is 1. The van der Waals surface area contributed by atoms with E-state index in [4.69, 9.17) is 15.2 Å². The highest BCUT2D eigenvalue weighted by molar-refractivity contribution is 14.1.